The van der Waals surface area contributed by atoms with Crippen LogP contribution in [0.1, 0.15) is 0 Å². The highest BCUT2D eigenvalue weighted by Gasteiger charge is 2.24. The van der Waals surface area contributed by atoms with Gasteiger partial charge in [0.25, 0.3) is 20.2 Å². The fraction of sp³-hybridized carbons (Fsp3) is 0.129. The van der Waals surface area contributed by atoms with Crippen LogP contribution >= 0.6 is 11.6 Å². The van der Waals surface area contributed by atoms with Crippen molar-refractivity contribution in [2.75, 3.05) is 46.8 Å². The maximum Gasteiger partial charge on any atom is 0.397 e. The van der Waals surface area contributed by atoms with Gasteiger partial charge >= 0.3 is 20.8 Å². The third-order valence-corrected chi connectivity index (χ3v) is 14.3. The van der Waals surface area contributed by atoms with Crippen molar-refractivity contribution in [2.24, 2.45) is 20.5 Å². The van der Waals surface area contributed by atoms with Crippen molar-refractivity contribution in [3.05, 3.63) is 78.1 Å². The largest absolute Gasteiger partial charge is 0.397 e. The third-order valence-electron chi connectivity index (χ3n) is 8.01. The fourth-order valence-electron chi connectivity index (χ4n) is 5.07. The van der Waals surface area contributed by atoms with E-state index < -0.39 is 111 Å². The molecule has 0 saturated carbocycles. The van der Waals surface area contributed by atoms with Gasteiger partial charge in [0.05, 0.1) is 45.9 Å². The molecule has 0 atom stereocenters. The second-order valence-corrected chi connectivity index (χ2v) is 22.3. The average molecular weight is 1070 g/mol. The fourth-order valence-corrected chi connectivity index (χ4v) is 9.56. The summed E-state index contributed by atoms with van der Waals surface area (Å²) < 4.78 is 187. The number of anilines is 6. The maximum atomic E-state index is 12.7. The molecule has 4 aromatic carbocycles. The molecule has 0 saturated heterocycles. The quantitative estimate of drug-likeness (QED) is 0.0313. The molecular formula is C31H30ClN11O18S6. The molecule has 0 radical (unpaired) electrons. The van der Waals surface area contributed by atoms with Crippen molar-refractivity contribution < 1.29 is 77.1 Å². The molecule has 29 nitrogen and oxygen atoms in total. The van der Waals surface area contributed by atoms with Gasteiger partial charge in [-0.15, -0.1) is 20.5 Å². The molecule has 5 rings (SSSR count). The molecule has 36 heteroatoms. The van der Waals surface area contributed by atoms with E-state index in [1.165, 1.54) is 30.3 Å². The molecule has 1 aromatic heterocycles. The molecule has 67 heavy (non-hydrogen) atoms. The Morgan fingerprint density at radius 2 is 0.955 bits per heavy atom. The molecule has 0 aliphatic carbocycles. The van der Waals surface area contributed by atoms with Crippen LogP contribution in [0.3, 0.4) is 0 Å². The van der Waals surface area contributed by atoms with Crippen LogP contribution in [0.15, 0.2) is 113 Å². The molecule has 0 unspecified atom stereocenters. The minimum atomic E-state index is -5.20. The predicted molar refractivity (Wildman–Crippen MR) is 233 cm³/mol. The molecule has 0 aliphatic heterocycles. The minimum absolute atomic E-state index is 0.0294. The van der Waals surface area contributed by atoms with E-state index in [-0.39, 0.29) is 56.2 Å². The molecule has 0 aliphatic rings. The molecule has 360 valence electrons. The number of halogens is 1. The van der Waals surface area contributed by atoms with Crippen molar-refractivity contribution >= 4 is 130 Å². The molecule has 1 heterocycles. The number of hydrogen-bond donors (Lipinski definition) is 8. The maximum absolute atomic E-state index is 12.7. The van der Waals surface area contributed by atoms with Crippen molar-refractivity contribution in [3.8, 4) is 0 Å². The van der Waals surface area contributed by atoms with Crippen molar-refractivity contribution in [1.82, 2.24) is 15.0 Å². The summed E-state index contributed by atoms with van der Waals surface area (Å²) in [6.07, 6.45) is 0. The first-order chi connectivity index (χ1) is 30.9. The molecular weight excluding hydrogens is 1040 g/mol. The Kier molecular flexibility index (Phi) is 15.6. The summed E-state index contributed by atoms with van der Waals surface area (Å²) in [5.41, 5.74) is 10.3. The summed E-state index contributed by atoms with van der Waals surface area (Å²) >= 11 is 6.09. The van der Waals surface area contributed by atoms with E-state index in [2.05, 4.69) is 54.4 Å². The number of hydrogen-bond acceptors (Lipinski definition) is 25. The van der Waals surface area contributed by atoms with Gasteiger partial charge in [-0.25, -0.2) is 25.2 Å². The monoisotopic (exact) mass is 1070 g/mol. The summed E-state index contributed by atoms with van der Waals surface area (Å²) in [6.45, 7) is -1.88. The number of sulfone groups is 2. The number of azo groups is 2. The number of nitrogens with one attached hydrogen (secondary N) is 2. The minimum Gasteiger partial charge on any atom is -0.397 e. The van der Waals surface area contributed by atoms with Crippen LogP contribution in [0.4, 0.5) is 57.4 Å². The van der Waals surface area contributed by atoms with Gasteiger partial charge in [0.15, 0.2) is 19.7 Å². The zero-order valence-electron chi connectivity index (χ0n) is 32.9. The first-order valence-electron chi connectivity index (χ1n) is 17.4. The summed E-state index contributed by atoms with van der Waals surface area (Å²) in [4.78, 5) is 9.28. The van der Waals surface area contributed by atoms with Crippen LogP contribution in [0.2, 0.25) is 5.28 Å². The highest BCUT2D eigenvalue weighted by atomic mass is 35.5. The van der Waals surface area contributed by atoms with E-state index in [1.54, 1.807) is 0 Å². The number of rotatable bonds is 20. The molecule has 0 amide bonds. The lowest BCUT2D eigenvalue weighted by molar-refractivity contribution is 0.282. The Morgan fingerprint density at radius 1 is 0.507 bits per heavy atom. The molecule has 0 fully saturated rings. The van der Waals surface area contributed by atoms with Gasteiger partial charge < -0.3 is 22.1 Å². The Morgan fingerprint density at radius 3 is 1.46 bits per heavy atom. The highest BCUT2D eigenvalue weighted by Crippen LogP contribution is 2.38. The zero-order valence-corrected chi connectivity index (χ0v) is 38.5. The van der Waals surface area contributed by atoms with Crippen molar-refractivity contribution in [3.63, 3.8) is 0 Å². The Labute approximate surface area is 384 Å². The first kappa shape index (κ1) is 52.0. The van der Waals surface area contributed by atoms with Crippen LogP contribution in [0.5, 0.6) is 0 Å². The smallest absolute Gasteiger partial charge is 0.397 e. The van der Waals surface area contributed by atoms with Gasteiger partial charge in [0.1, 0.15) is 32.5 Å². The lowest BCUT2D eigenvalue weighted by Crippen LogP contribution is -2.16. The Bertz CT molecular complexity index is 3500. The number of nitrogen functional groups attached to an aromatic ring is 2. The third kappa shape index (κ3) is 15.0. The van der Waals surface area contributed by atoms with Crippen molar-refractivity contribution in [2.45, 2.75) is 19.6 Å². The normalized spacial score (nSPS) is 13.0. The zero-order chi connectivity index (χ0) is 49.8. The summed E-state index contributed by atoms with van der Waals surface area (Å²) in [5.74, 6) is -2.23. The standard InChI is InChI=1S/C31H30ClN11O18S6/c32-29-37-30(35-17-1-4-19(5-2-17)62(44,45)11-9-60-66(54,55)56)39-31(38-29)36-18-3-8-27(64(48,49)50)26(13-18)43-42-25-16-24(21(33)15-22(25)34)41-40-23-7-6-20(14-28(23)65(51,52)53)63(46,47)12-10-61-67(57,58)59/h1-8,13-16H,9-12,33-34H2,(H,48,49,50)(H,51,52,53)(H,54,55,56)(H,57,58,59)(H2,35,36,37,38,39). The lowest BCUT2D eigenvalue weighted by Gasteiger charge is -2.10. The van der Waals surface area contributed by atoms with Gasteiger partial charge in [-0.3, -0.25) is 18.2 Å². The number of benzene rings is 4. The first-order valence-corrected chi connectivity index (χ1v) is 26.7. The van der Waals surface area contributed by atoms with E-state index in [1.807, 2.05) is 0 Å². The molecule has 10 N–H and O–H groups in total. The molecule has 0 spiro atoms. The van der Waals surface area contributed by atoms with Crippen molar-refractivity contribution in [1.29, 1.82) is 0 Å². The summed E-state index contributed by atoms with van der Waals surface area (Å²) in [7, 11) is -28.5. The predicted octanol–water partition coefficient (Wildman–Crippen LogP) is 3.69. The van der Waals surface area contributed by atoms with E-state index in [9.17, 15) is 59.6 Å². The van der Waals surface area contributed by atoms with Crippen LogP contribution < -0.4 is 22.1 Å². The Balaban J connectivity index is 1.39. The van der Waals surface area contributed by atoms with Crippen LogP contribution in [0, 0.1) is 0 Å². The molecule has 0 bridgehead atoms. The SMILES string of the molecule is Nc1cc(N)c(N=Nc2ccc(S(=O)(=O)CCOS(=O)(=O)O)cc2S(=O)(=O)O)cc1N=Nc1cc(Nc2nc(Cl)nc(Nc3ccc(S(=O)(=O)CCOS(=O)(=O)O)cc3)n2)ccc1S(=O)(=O)O. The van der Waals surface area contributed by atoms with Crippen LogP contribution in [-0.4, -0.2) is 108 Å². The van der Waals surface area contributed by atoms with E-state index in [0.29, 0.717) is 6.07 Å². The summed E-state index contributed by atoms with van der Waals surface area (Å²) in [5, 5.41) is 20.5. The van der Waals surface area contributed by atoms with Gasteiger partial charge in [-0.05, 0) is 84.4 Å². The van der Waals surface area contributed by atoms with Gasteiger partial charge in [0.2, 0.25) is 17.2 Å². The number of nitrogens with two attached hydrogens (primary N) is 2. The van der Waals surface area contributed by atoms with Gasteiger partial charge in [-0.2, -0.15) is 48.6 Å². The molecule has 5 aromatic rings. The average Bonchev–Trinajstić information content (AvgIpc) is 3.18. The lowest BCUT2D eigenvalue weighted by atomic mass is 10.2. The van der Waals surface area contributed by atoms with E-state index in [0.717, 1.165) is 36.4 Å². The van der Waals surface area contributed by atoms with Crippen LogP contribution in [-0.2, 0) is 69.1 Å². The van der Waals surface area contributed by atoms with Gasteiger partial charge in [0, 0.05) is 11.4 Å². The van der Waals surface area contributed by atoms with Crippen LogP contribution in [0.25, 0.3) is 0 Å². The topological polar surface area (TPSA) is 468 Å². The second-order valence-electron chi connectivity index (χ2n) is 12.8. The van der Waals surface area contributed by atoms with Gasteiger partial charge in [-0.1, -0.05) is 0 Å². The second kappa shape index (κ2) is 20.1. The van der Waals surface area contributed by atoms with E-state index >= 15 is 0 Å². The summed E-state index contributed by atoms with van der Waals surface area (Å²) in [6, 6.07) is 12.5. The number of aromatic nitrogens is 3. The number of nitrogens with zero attached hydrogens (tertiary/aromatic N) is 7. The highest BCUT2D eigenvalue weighted by molar-refractivity contribution is 7.92. The van der Waals surface area contributed by atoms with E-state index in [4.69, 9.17) is 32.2 Å². The Hall–Kier alpha value is -5.96.